The number of nitrogens with zero attached hydrogens (tertiary/aromatic N) is 1. The van der Waals surface area contributed by atoms with Crippen molar-refractivity contribution in [2.24, 2.45) is 0 Å². The third-order valence-corrected chi connectivity index (χ3v) is 18.9. The molecule has 0 spiro atoms. The van der Waals surface area contributed by atoms with Crippen LogP contribution in [-0.2, 0) is 33.6 Å². The molecule has 13 rings (SSSR count). The number of hydrogen-bond donors (Lipinski definition) is 16. The Balaban J connectivity index is 1.08. The van der Waals surface area contributed by atoms with E-state index >= 15 is 28.8 Å². The Kier molecular flexibility index (Phi) is 23.0. The summed E-state index contributed by atoms with van der Waals surface area (Å²) in [5.41, 5.74) is -2.33. The molecule has 0 aliphatic carbocycles. The fraction of sp³-hybridized carbons (Fsp3) is 0.338. The molecule has 7 aromatic carbocycles. The van der Waals surface area contributed by atoms with E-state index in [2.05, 4.69) is 49.5 Å². The summed E-state index contributed by atoms with van der Waals surface area (Å²) in [6.07, 6.45) is 5.34. The minimum Gasteiger partial charge on any atom is -0.508 e. The Bertz CT molecular complexity index is 4430. The van der Waals surface area contributed by atoms with E-state index in [0.29, 0.717) is 19.4 Å². The van der Waals surface area contributed by atoms with Gasteiger partial charge in [-0.05, 0) is 152 Å². The third-order valence-electron chi connectivity index (χ3n) is 18.3. The number of carbonyl (C=O) groups excluding carboxylic acids is 7. The van der Waals surface area contributed by atoms with E-state index in [1.54, 1.807) is 0 Å². The molecule has 9 unspecified atom stereocenters. The van der Waals surface area contributed by atoms with Crippen LogP contribution in [0.2, 0.25) is 10.0 Å². The van der Waals surface area contributed by atoms with Crippen LogP contribution in [0.3, 0.4) is 0 Å². The first-order valence-corrected chi connectivity index (χ1v) is 34.5. The van der Waals surface area contributed by atoms with Gasteiger partial charge >= 0.3 is 0 Å². The van der Waals surface area contributed by atoms with Gasteiger partial charge in [0, 0.05) is 29.8 Å². The number of hydrogen-bond acceptors (Lipinski definition) is 20. The lowest BCUT2D eigenvalue weighted by atomic mass is 9.87. The number of phenolic OH excluding ortho intramolecular Hbond substituents is 6. The maximum absolute atomic E-state index is 16.2. The van der Waals surface area contributed by atoms with Crippen LogP contribution >= 0.6 is 23.2 Å². The number of aromatic hydroxyl groups is 6. The summed E-state index contributed by atoms with van der Waals surface area (Å²) in [7, 11) is 3.62. The van der Waals surface area contributed by atoms with Gasteiger partial charge in [-0.25, -0.2) is 0 Å². The second-order valence-corrected chi connectivity index (χ2v) is 26.8. The Morgan fingerprint density at radius 1 is 0.466 bits per heavy atom. The van der Waals surface area contributed by atoms with Crippen LogP contribution in [-0.4, -0.2) is 133 Å². The van der Waals surface area contributed by atoms with Gasteiger partial charge in [-0.1, -0.05) is 112 Å². The normalized spacial score (nSPS) is 21.0. The van der Waals surface area contributed by atoms with Gasteiger partial charge in [0.1, 0.15) is 94.7 Å². The number of unbranched alkanes of at least 4 members (excludes halogenated alkanes) is 8. The van der Waals surface area contributed by atoms with Crippen LogP contribution in [0.4, 0.5) is 0 Å². The molecule has 103 heavy (non-hydrogen) atoms. The van der Waals surface area contributed by atoms with Crippen molar-refractivity contribution >= 4 is 64.6 Å². The van der Waals surface area contributed by atoms with E-state index in [9.17, 15) is 45.6 Å². The Morgan fingerprint density at radius 3 is 1.62 bits per heavy atom. The van der Waals surface area contributed by atoms with Crippen LogP contribution in [0.25, 0.3) is 11.1 Å². The first-order chi connectivity index (χ1) is 49.3. The number of halogens is 2. The molecular formula is C74H79Cl2N9O18. The first kappa shape index (κ1) is 73.7. The predicted octanol–water partition coefficient (Wildman–Crippen LogP) is 8.62. The summed E-state index contributed by atoms with van der Waals surface area (Å²) < 4.78 is 18.9. The minimum absolute atomic E-state index is 0.0259. The molecule has 0 saturated carbocycles. The van der Waals surface area contributed by atoms with Gasteiger partial charge in [0.2, 0.25) is 47.1 Å². The van der Waals surface area contributed by atoms with Gasteiger partial charge in [-0.15, -0.1) is 0 Å². The van der Waals surface area contributed by atoms with Gasteiger partial charge in [-0.2, -0.15) is 0 Å². The largest absolute Gasteiger partial charge is 0.508 e. The van der Waals surface area contributed by atoms with Crippen molar-refractivity contribution in [3.8, 4) is 80.1 Å². The number of carbonyl (C=O) groups is 7. The molecule has 6 heterocycles. The summed E-state index contributed by atoms with van der Waals surface area (Å²) in [5.74, 6) is -14.4. The molecule has 542 valence electrons. The minimum atomic E-state index is -2.25. The van der Waals surface area contributed by atoms with E-state index in [-0.39, 0.29) is 85.1 Å². The van der Waals surface area contributed by atoms with E-state index in [4.69, 9.17) is 37.4 Å². The van der Waals surface area contributed by atoms with E-state index in [1.165, 1.54) is 73.2 Å². The lowest BCUT2D eigenvalue weighted by Crippen LogP contribution is -2.56. The molecule has 0 fully saturated rings. The van der Waals surface area contributed by atoms with Crippen molar-refractivity contribution in [3.63, 3.8) is 0 Å². The zero-order valence-electron chi connectivity index (χ0n) is 56.2. The zero-order chi connectivity index (χ0) is 73.5. The van der Waals surface area contributed by atoms with Crippen molar-refractivity contribution in [2.45, 2.75) is 126 Å². The fourth-order valence-corrected chi connectivity index (χ4v) is 13.4. The van der Waals surface area contributed by atoms with Gasteiger partial charge in [0.25, 0.3) is 0 Å². The first-order valence-electron chi connectivity index (χ1n) is 33.7. The molecule has 6 aliphatic rings. The number of aliphatic hydroxyl groups is 2. The Labute approximate surface area is 601 Å². The van der Waals surface area contributed by atoms with Crippen molar-refractivity contribution < 1.29 is 88.6 Å². The highest BCUT2D eigenvalue weighted by atomic mass is 35.5. The number of aliphatic hydroxyl groups excluding tert-OH is 2. The maximum atomic E-state index is 16.2. The second-order valence-electron chi connectivity index (χ2n) is 26.0. The lowest BCUT2D eigenvalue weighted by molar-refractivity contribution is -0.137. The predicted molar refractivity (Wildman–Crippen MR) is 376 cm³/mol. The molecule has 9 atom stereocenters. The van der Waals surface area contributed by atoms with Crippen LogP contribution in [0.1, 0.15) is 152 Å². The van der Waals surface area contributed by atoms with Crippen LogP contribution in [0.15, 0.2) is 115 Å². The Hall–Kier alpha value is -10.6. The number of rotatable bonds is 16. The summed E-state index contributed by atoms with van der Waals surface area (Å²) >= 11 is 13.9. The highest BCUT2D eigenvalue weighted by Gasteiger charge is 2.43. The van der Waals surface area contributed by atoms with Crippen LogP contribution in [0.5, 0.6) is 69.0 Å². The standard InChI is InChI=1S/C74H79Cl2N9O18/c1-4-5-6-7-8-9-10-11-12-23-77-58-36-17-20-48(88)53(30-36)101-43-27-39(26-41(86)33-43)59-70(96)79-60-40-31-54(102-51-21-18-37(28-46(51)75)65(91)63(73(99)80-59)83-69(58)95)67(93)55(32-40)103-52-22-19-38(29-47(52)76)66(92)64-74(100)82-62(68(94)78-24-14-25-85(2)3)45-34-42(87)35-50(90)57(45)56-44(15-13-16-49(56)89)61(72(98)84-64)81-71(60)97/h13,15-22,26-35,58-66,77,86-93H,4-12,14,23-25H2,1-3H3,(H,78,94)(H,79,96)(H,80,99)(H,81,97)(H,82,100)(H,83,95)(H,84,98). The van der Waals surface area contributed by atoms with Crippen molar-refractivity contribution in [1.29, 1.82) is 0 Å². The molecule has 0 radical (unpaired) electrons. The number of ether oxygens (including phenoxy) is 3. The molecule has 6 aliphatic heterocycles. The fourth-order valence-electron chi connectivity index (χ4n) is 13.0. The molecule has 27 nitrogen and oxygen atoms in total. The topological polar surface area (TPSA) is 409 Å². The third kappa shape index (κ3) is 16.7. The SMILES string of the molecule is CCCCCCCCCCCNC1C(=O)NC2C(=O)NC(C(=O)NC3C(=O)NC4C(=O)NC(C(=O)NC(C(=O)NCCCN(C)C)c5cc(O)cc(O)c5-c5c(O)cccc54)C(O)c4ccc(c(Cl)c4)Oc4cc3cc(c4O)Oc3ccc(cc3Cl)C2O)c2cc(O)cc(c2)Oc2cc1ccc2O. The highest BCUT2D eigenvalue weighted by Crippen LogP contribution is 2.49. The molecule has 0 saturated heterocycles. The van der Waals surface area contributed by atoms with Gasteiger partial charge in [0.05, 0.1) is 10.0 Å². The van der Waals surface area contributed by atoms with E-state index in [1.807, 2.05) is 19.0 Å². The molecular weight excluding hydrogens is 1370 g/mol. The summed E-state index contributed by atoms with van der Waals surface area (Å²) in [6.45, 7) is 2.97. The van der Waals surface area contributed by atoms with Crippen molar-refractivity contribution in [3.05, 3.63) is 164 Å². The summed E-state index contributed by atoms with van der Waals surface area (Å²) in [4.78, 5) is 110. The van der Waals surface area contributed by atoms with Gasteiger partial charge in [0.15, 0.2) is 23.0 Å². The molecule has 15 bridgehead atoms. The number of phenols is 6. The van der Waals surface area contributed by atoms with E-state index < -0.39 is 153 Å². The molecule has 16 N–H and O–H groups in total. The average Bonchev–Trinajstić information content (AvgIpc) is 1.71. The summed E-state index contributed by atoms with van der Waals surface area (Å²) in [5, 5.41) is 117. The van der Waals surface area contributed by atoms with Gasteiger partial charge in [-0.3, -0.25) is 33.6 Å². The van der Waals surface area contributed by atoms with Crippen LogP contribution in [0, 0.1) is 0 Å². The number of amides is 7. The van der Waals surface area contributed by atoms with Crippen molar-refractivity contribution in [1.82, 2.24) is 47.4 Å². The maximum Gasteiger partial charge on any atom is 0.248 e. The molecule has 0 aromatic heterocycles. The molecule has 7 aromatic rings. The monoisotopic (exact) mass is 1450 g/mol. The van der Waals surface area contributed by atoms with Gasteiger partial charge < -0.3 is 102 Å². The van der Waals surface area contributed by atoms with Crippen LogP contribution < -0.4 is 56.7 Å². The lowest BCUT2D eigenvalue weighted by Gasteiger charge is -2.31. The molecule has 29 heteroatoms. The smallest absolute Gasteiger partial charge is 0.248 e. The van der Waals surface area contributed by atoms with Crippen molar-refractivity contribution in [2.75, 3.05) is 33.7 Å². The number of benzene rings is 7. The average molecular weight is 1450 g/mol. The Morgan fingerprint density at radius 2 is 1.00 bits per heavy atom. The summed E-state index contributed by atoms with van der Waals surface area (Å²) in [6, 6.07) is 8.50. The number of fused-ring (bicyclic) bond motifs is 13. The number of nitrogens with one attached hydrogen (secondary N) is 8. The second kappa shape index (κ2) is 32.2. The van der Waals surface area contributed by atoms with E-state index in [0.717, 1.165) is 93.5 Å². The molecule has 7 amide bonds. The highest BCUT2D eigenvalue weighted by molar-refractivity contribution is 6.32. The zero-order valence-corrected chi connectivity index (χ0v) is 57.7. The quantitative estimate of drug-likeness (QED) is 0.0402.